The van der Waals surface area contributed by atoms with Crippen molar-refractivity contribution >= 4 is 0 Å². The van der Waals surface area contributed by atoms with E-state index < -0.39 is 0 Å². The van der Waals surface area contributed by atoms with E-state index in [1.807, 2.05) is 0 Å². The van der Waals surface area contributed by atoms with Gasteiger partial charge in [0.25, 0.3) is 0 Å². The highest BCUT2D eigenvalue weighted by Crippen LogP contribution is 2.31. The number of fused-ring (bicyclic) bond motifs is 1. The lowest BCUT2D eigenvalue weighted by Crippen LogP contribution is -2.57. The molecular formula is C13H24N2. The zero-order valence-electron chi connectivity index (χ0n) is 9.99. The first-order valence-electron chi connectivity index (χ1n) is 6.84. The molecule has 0 aromatic heterocycles. The van der Waals surface area contributed by atoms with Crippen LogP contribution in [0.1, 0.15) is 45.4 Å². The van der Waals surface area contributed by atoms with Crippen molar-refractivity contribution in [2.45, 2.75) is 63.6 Å². The Morgan fingerprint density at radius 1 is 0.867 bits per heavy atom. The zero-order valence-corrected chi connectivity index (χ0v) is 9.99. The predicted octanol–water partition coefficient (Wildman–Crippen LogP) is 2.10. The molecule has 2 nitrogen and oxygen atoms in total. The summed E-state index contributed by atoms with van der Waals surface area (Å²) in [6.07, 6.45) is 8.78. The van der Waals surface area contributed by atoms with Crippen molar-refractivity contribution in [2.24, 2.45) is 0 Å². The summed E-state index contributed by atoms with van der Waals surface area (Å²) >= 11 is 0. The molecule has 0 aromatic carbocycles. The average Bonchev–Trinajstić information content (AvgIpc) is 2.85. The summed E-state index contributed by atoms with van der Waals surface area (Å²) < 4.78 is 0. The van der Waals surface area contributed by atoms with Gasteiger partial charge in [0, 0.05) is 31.2 Å². The van der Waals surface area contributed by atoms with Gasteiger partial charge >= 0.3 is 0 Å². The van der Waals surface area contributed by atoms with Crippen LogP contribution in [0.2, 0.25) is 0 Å². The molecular weight excluding hydrogens is 184 g/mol. The molecule has 0 radical (unpaired) electrons. The predicted molar refractivity (Wildman–Crippen MR) is 63.0 cm³/mol. The van der Waals surface area contributed by atoms with E-state index in [2.05, 4.69) is 16.7 Å². The van der Waals surface area contributed by atoms with Gasteiger partial charge in [0.1, 0.15) is 0 Å². The van der Waals surface area contributed by atoms with E-state index in [1.54, 1.807) is 0 Å². The van der Waals surface area contributed by atoms with Gasteiger partial charge in [0.2, 0.25) is 0 Å². The summed E-state index contributed by atoms with van der Waals surface area (Å²) in [6.45, 7) is 6.51. The summed E-state index contributed by atoms with van der Waals surface area (Å²) in [6, 6.07) is 2.65. The average molecular weight is 208 g/mol. The van der Waals surface area contributed by atoms with E-state index in [0.717, 1.165) is 18.1 Å². The van der Waals surface area contributed by atoms with Crippen LogP contribution in [0, 0.1) is 0 Å². The van der Waals surface area contributed by atoms with Crippen LogP contribution >= 0.6 is 0 Å². The molecule has 2 unspecified atom stereocenters. The van der Waals surface area contributed by atoms with E-state index in [4.69, 9.17) is 0 Å². The molecule has 1 aliphatic carbocycles. The standard InChI is InChI=1S/C13H24N2/c1-11-9-14-8-4-7-13(14)10-15(11)12-5-2-3-6-12/h11-13H,2-10H2,1H3. The molecule has 0 N–H and O–H groups in total. The summed E-state index contributed by atoms with van der Waals surface area (Å²) in [4.78, 5) is 5.57. The number of nitrogens with zero attached hydrogens (tertiary/aromatic N) is 2. The highest BCUT2D eigenvalue weighted by atomic mass is 15.3. The van der Waals surface area contributed by atoms with E-state index >= 15 is 0 Å². The Hall–Kier alpha value is -0.0800. The molecule has 3 rings (SSSR count). The quantitative estimate of drug-likeness (QED) is 0.651. The first kappa shape index (κ1) is 10.1. The van der Waals surface area contributed by atoms with Gasteiger partial charge in [-0.15, -0.1) is 0 Å². The first-order chi connectivity index (χ1) is 7.34. The van der Waals surface area contributed by atoms with Crippen molar-refractivity contribution in [2.75, 3.05) is 19.6 Å². The van der Waals surface area contributed by atoms with Crippen molar-refractivity contribution in [3.05, 3.63) is 0 Å². The van der Waals surface area contributed by atoms with Gasteiger partial charge in [-0.05, 0) is 39.2 Å². The van der Waals surface area contributed by atoms with Gasteiger partial charge in [-0.3, -0.25) is 9.80 Å². The fourth-order valence-electron chi connectivity index (χ4n) is 3.95. The first-order valence-corrected chi connectivity index (χ1v) is 6.84. The van der Waals surface area contributed by atoms with Crippen LogP contribution < -0.4 is 0 Å². The Kier molecular flexibility index (Phi) is 2.73. The van der Waals surface area contributed by atoms with E-state index in [1.165, 1.54) is 58.2 Å². The lowest BCUT2D eigenvalue weighted by molar-refractivity contribution is 0.0297. The molecule has 15 heavy (non-hydrogen) atoms. The van der Waals surface area contributed by atoms with Crippen LogP contribution in [0.3, 0.4) is 0 Å². The summed E-state index contributed by atoms with van der Waals surface area (Å²) in [7, 11) is 0. The Morgan fingerprint density at radius 2 is 1.60 bits per heavy atom. The maximum Gasteiger partial charge on any atom is 0.0224 e. The topological polar surface area (TPSA) is 6.48 Å². The highest BCUT2D eigenvalue weighted by molar-refractivity contribution is 4.94. The fraction of sp³-hybridized carbons (Fsp3) is 1.00. The van der Waals surface area contributed by atoms with Gasteiger partial charge in [0.15, 0.2) is 0 Å². The molecule has 2 saturated heterocycles. The number of rotatable bonds is 1. The highest BCUT2D eigenvalue weighted by Gasteiger charge is 2.37. The second-order valence-corrected chi connectivity index (χ2v) is 5.78. The van der Waals surface area contributed by atoms with Crippen LogP contribution in [0.4, 0.5) is 0 Å². The minimum atomic E-state index is 0.808. The normalized spacial score (nSPS) is 39.8. The van der Waals surface area contributed by atoms with Crippen LogP contribution in [0.5, 0.6) is 0 Å². The Labute approximate surface area is 93.6 Å². The SMILES string of the molecule is CC1CN2CCCC2CN1C1CCCC1. The Morgan fingerprint density at radius 3 is 2.40 bits per heavy atom. The maximum atomic E-state index is 2.83. The van der Waals surface area contributed by atoms with Crippen molar-refractivity contribution in [3.63, 3.8) is 0 Å². The molecule has 3 aliphatic rings. The molecule has 1 saturated carbocycles. The molecule has 2 heteroatoms. The summed E-state index contributed by atoms with van der Waals surface area (Å²) in [5.41, 5.74) is 0. The number of piperazine rings is 1. The molecule has 2 aliphatic heterocycles. The van der Waals surface area contributed by atoms with Gasteiger partial charge in [0.05, 0.1) is 0 Å². The van der Waals surface area contributed by atoms with Gasteiger partial charge in [-0.2, -0.15) is 0 Å². The molecule has 2 atom stereocenters. The largest absolute Gasteiger partial charge is 0.298 e. The minimum absolute atomic E-state index is 0.808. The van der Waals surface area contributed by atoms with E-state index in [0.29, 0.717) is 0 Å². The monoisotopic (exact) mass is 208 g/mol. The maximum absolute atomic E-state index is 2.83. The van der Waals surface area contributed by atoms with Gasteiger partial charge in [-0.1, -0.05) is 12.8 Å². The smallest absolute Gasteiger partial charge is 0.0224 e. The zero-order chi connectivity index (χ0) is 10.3. The van der Waals surface area contributed by atoms with E-state index in [9.17, 15) is 0 Å². The molecule has 0 spiro atoms. The van der Waals surface area contributed by atoms with Gasteiger partial charge < -0.3 is 0 Å². The number of hydrogen-bond acceptors (Lipinski definition) is 2. The molecule has 0 amide bonds. The van der Waals surface area contributed by atoms with Crippen LogP contribution in [0.15, 0.2) is 0 Å². The third-order valence-electron chi connectivity index (χ3n) is 4.78. The molecule has 3 fully saturated rings. The molecule has 0 bridgehead atoms. The summed E-state index contributed by atoms with van der Waals surface area (Å²) in [5, 5.41) is 0. The van der Waals surface area contributed by atoms with Crippen LogP contribution in [0.25, 0.3) is 0 Å². The van der Waals surface area contributed by atoms with E-state index in [-0.39, 0.29) is 0 Å². The lowest BCUT2D eigenvalue weighted by atomic mass is 10.0. The summed E-state index contributed by atoms with van der Waals surface area (Å²) in [5.74, 6) is 0. The van der Waals surface area contributed by atoms with Crippen molar-refractivity contribution < 1.29 is 0 Å². The van der Waals surface area contributed by atoms with Gasteiger partial charge in [-0.25, -0.2) is 0 Å². The second-order valence-electron chi connectivity index (χ2n) is 5.78. The molecule has 2 heterocycles. The minimum Gasteiger partial charge on any atom is -0.298 e. The van der Waals surface area contributed by atoms with Crippen molar-refractivity contribution in [1.82, 2.24) is 9.80 Å². The Balaban J connectivity index is 1.67. The van der Waals surface area contributed by atoms with Crippen LogP contribution in [-0.4, -0.2) is 47.6 Å². The number of hydrogen-bond donors (Lipinski definition) is 0. The van der Waals surface area contributed by atoms with Crippen LogP contribution in [-0.2, 0) is 0 Å². The molecule has 0 aromatic rings. The fourth-order valence-corrected chi connectivity index (χ4v) is 3.95. The lowest BCUT2D eigenvalue weighted by Gasteiger charge is -2.45. The van der Waals surface area contributed by atoms with Crippen molar-refractivity contribution in [1.29, 1.82) is 0 Å². The van der Waals surface area contributed by atoms with Crippen molar-refractivity contribution in [3.8, 4) is 0 Å². The third kappa shape index (κ3) is 1.83. The molecule has 86 valence electrons. The Bertz CT molecular complexity index is 223. The second kappa shape index (κ2) is 4.06. The third-order valence-corrected chi connectivity index (χ3v) is 4.78.